The summed E-state index contributed by atoms with van der Waals surface area (Å²) >= 11 is 12.9. The zero-order chi connectivity index (χ0) is 38.5. The van der Waals surface area contributed by atoms with E-state index in [1.165, 1.54) is 87.7 Å². The maximum absolute atomic E-state index is 6.47. The van der Waals surface area contributed by atoms with Crippen molar-refractivity contribution < 1.29 is 0 Å². The van der Waals surface area contributed by atoms with E-state index in [4.69, 9.17) is 23.2 Å². The number of fused-ring (bicyclic) bond motifs is 2. The van der Waals surface area contributed by atoms with E-state index in [2.05, 4.69) is 163 Å². The first-order valence-corrected chi connectivity index (χ1v) is 20.2. The summed E-state index contributed by atoms with van der Waals surface area (Å²) in [5.41, 5.74) is 15.5. The quantitative estimate of drug-likeness (QED) is 0.152. The molecule has 0 aliphatic heterocycles. The summed E-state index contributed by atoms with van der Waals surface area (Å²) in [6.07, 6.45) is 11.9. The summed E-state index contributed by atoms with van der Waals surface area (Å²) < 4.78 is 0. The molecule has 0 bridgehead atoms. The Morgan fingerprint density at radius 1 is 0.618 bits per heavy atom. The maximum atomic E-state index is 6.47. The van der Waals surface area contributed by atoms with E-state index in [0.29, 0.717) is 0 Å². The van der Waals surface area contributed by atoms with Crippen LogP contribution in [0.5, 0.6) is 0 Å². The lowest BCUT2D eigenvalue weighted by atomic mass is 9.73. The van der Waals surface area contributed by atoms with Crippen LogP contribution in [-0.4, -0.2) is 0 Å². The second kappa shape index (κ2) is 14.6. The Balaban J connectivity index is 1.65. The molecule has 0 aromatic heterocycles. The monoisotopic (exact) mass is 754 g/mol. The van der Waals surface area contributed by atoms with Crippen LogP contribution >= 0.6 is 23.2 Å². The first kappa shape index (κ1) is 37.1. The van der Waals surface area contributed by atoms with Crippen molar-refractivity contribution in [2.45, 2.75) is 71.6 Å². The Bertz CT molecular complexity index is 2650. The molecule has 0 atom stereocenters. The van der Waals surface area contributed by atoms with Crippen LogP contribution in [-0.2, 0) is 23.7 Å². The molecule has 2 aliphatic rings. The minimum Gasteiger partial charge on any atom is -0.0843 e. The van der Waals surface area contributed by atoms with Gasteiger partial charge in [-0.05, 0) is 155 Å². The van der Waals surface area contributed by atoms with E-state index in [1.807, 2.05) is 24.3 Å². The van der Waals surface area contributed by atoms with E-state index in [9.17, 15) is 0 Å². The lowest BCUT2D eigenvalue weighted by Crippen LogP contribution is -2.30. The van der Waals surface area contributed by atoms with Gasteiger partial charge in [0.2, 0.25) is 0 Å². The van der Waals surface area contributed by atoms with Crippen LogP contribution in [0.3, 0.4) is 0 Å². The standard InChI is InChI=1S/C53H48Cl2/c1-52(2,3)46-33-44-39(31-43(46)36-15-9-7-10-16-36)32-45-47(37-19-13-14-20-37)48(38-17-11-8-12-18-38)51(53(4,5)6)49(50(44)45)40(29-34-21-25-41(54)26-22-34)30-35-23-27-42(55)28-24-35/h7-19,21-28,31-33H,20,29-30H2,1-6H3. The second-order valence-corrected chi connectivity index (χ2v) is 18.1. The van der Waals surface area contributed by atoms with Gasteiger partial charge in [0.05, 0.1) is 0 Å². The van der Waals surface area contributed by atoms with Gasteiger partial charge in [-0.2, -0.15) is 0 Å². The zero-order valence-corrected chi connectivity index (χ0v) is 34.2. The van der Waals surface area contributed by atoms with Crippen LogP contribution in [0, 0.1) is 10.4 Å². The molecule has 0 heterocycles. The fourth-order valence-electron chi connectivity index (χ4n) is 8.68. The summed E-state index contributed by atoms with van der Waals surface area (Å²) in [5, 5.41) is 6.81. The van der Waals surface area contributed by atoms with Crippen LogP contribution in [0.25, 0.3) is 39.5 Å². The number of halogens is 2. The molecule has 274 valence electrons. The minimum atomic E-state index is -0.207. The average Bonchev–Trinajstić information content (AvgIpc) is 3.83. The molecule has 2 aliphatic carbocycles. The van der Waals surface area contributed by atoms with Gasteiger partial charge in [-0.25, -0.2) is 0 Å². The van der Waals surface area contributed by atoms with Gasteiger partial charge in [0.15, 0.2) is 0 Å². The molecule has 0 nitrogen and oxygen atoms in total. The highest BCUT2D eigenvalue weighted by molar-refractivity contribution is 6.30. The van der Waals surface area contributed by atoms with Crippen LogP contribution in [0.2, 0.25) is 10.0 Å². The van der Waals surface area contributed by atoms with Gasteiger partial charge in [-0.3, -0.25) is 0 Å². The molecule has 6 aromatic carbocycles. The fraction of sp³-hybridized carbons (Fsp3) is 0.208. The van der Waals surface area contributed by atoms with Gasteiger partial charge in [-0.1, -0.05) is 173 Å². The lowest BCUT2D eigenvalue weighted by molar-refractivity contribution is 0.586. The summed E-state index contributed by atoms with van der Waals surface area (Å²) in [5.74, 6) is 0. The molecule has 55 heavy (non-hydrogen) atoms. The van der Waals surface area contributed by atoms with Crippen molar-refractivity contribution in [3.05, 3.63) is 204 Å². The molecule has 0 amide bonds. The predicted molar refractivity (Wildman–Crippen MR) is 237 cm³/mol. The van der Waals surface area contributed by atoms with Crippen LogP contribution < -0.4 is 10.4 Å². The molecule has 0 saturated carbocycles. The van der Waals surface area contributed by atoms with Crippen LogP contribution in [0.1, 0.15) is 81.3 Å². The first-order valence-electron chi connectivity index (χ1n) is 19.5. The number of allylic oxidation sites excluding steroid dienone is 4. The number of rotatable bonds is 7. The molecule has 0 unspecified atom stereocenters. The Hall–Kier alpha value is -4.88. The van der Waals surface area contributed by atoms with Gasteiger partial charge in [0.25, 0.3) is 0 Å². The third-order valence-electron chi connectivity index (χ3n) is 11.1. The van der Waals surface area contributed by atoms with Crippen molar-refractivity contribution in [1.29, 1.82) is 0 Å². The van der Waals surface area contributed by atoms with Gasteiger partial charge < -0.3 is 0 Å². The van der Waals surface area contributed by atoms with Crippen molar-refractivity contribution in [2.24, 2.45) is 0 Å². The van der Waals surface area contributed by atoms with Crippen molar-refractivity contribution >= 4 is 40.4 Å². The third-order valence-corrected chi connectivity index (χ3v) is 11.6. The van der Waals surface area contributed by atoms with E-state index in [1.54, 1.807) is 0 Å². The van der Waals surface area contributed by atoms with E-state index < -0.39 is 0 Å². The van der Waals surface area contributed by atoms with Gasteiger partial charge in [0, 0.05) is 10.0 Å². The molecule has 8 rings (SSSR count). The SMILES string of the molecule is CC(C)(C)c1cc2c(cc1-c1ccccc1)=Cc1c(C3=CC=CC3)c(-c3ccccc3)c(C(C)(C)C)c(=C(Cc3ccc(Cl)cc3)Cc3ccc(Cl)cc3)c1=2. The summed E-state index contributed by atoms with van der Waals surface area (Å²) in [7, 11) is 0. The molecule has 0 spiro atoms. The zero-order valence-electron chi connectivity index (χ0n) is 32.7. The molecular formula is C53H48Cl2. The summed E-state index contributed by atoms with van der Waals surface area (Å²) in [6, 6.07) is 43.9. The largest absolute Gasteiger partial charge is 0.0843 e. The summed E-state index contributed by atoms with van der Waals surface area (Å²) in [6.45, 7) is 14.2. The minimum absolute atomic E-state index is 0.0835. The number of benzene rings is 6. The smallest absolute Gasteiger partial charge is 0.0406 e. The molecule has 6 aromatic rings. The van der Waals surface area contributed by atoms with Gasteiger partial charge in [-0.15, -0.1) is 0 Å². The molecular weight excluding hydrogens is 707 g/mol. The van der Waals surface area contributed by atoms with Gasteiger partial charge in [0.1, 0.15) is 0 Å². The molecule has 0 N–H and O–H groups in total. The van der Waals surface area contributed by atoms with Crippen molar-refractivity contribution in [3.63, 3.8) is 0 Å². The van der Waals surface area contributed by atoms with Crippen molar-refractivity contribution in [1.82, 2.24) is 0 Å². The van der Waals surface area contributed by atoms with E-state index in [-0.39, 0.29) is 10.8 Å². The molecule has 0 fully saturated rings. The van der Waals surface area contributed by atoms with Crippen LogP contribution in [0.15, 0.2) is 140 Å². The predicted octanol–water partition coefficient (Wildman–Crippen LogP) is 13.3. The normalized spacial score (nSPS) is 13.3. The Morgan fingerprint density at radius 3 is 1.69 bits per heavy atom. The van der Waals surface area contributed by atoms with Gasteiger partial charge >= 0.3 is 0 Å². The number of hydrogen-bond donors (Lipinski definition) is 0. The van der Waals surface area contributed by atoms with Crippen molar-refractivity contribution in [2.75, 3.05) is 0 Å². The fourth-order valence-corrected chi connectivity index (χ4v) is 8.93. The number of hydrogen-bond acceptors (Lipinski definition) is 0. The maximum Gasteiger partial charge on any atom is 0.0406 e. The molecule has 2 heteroatoms. The van der Waals surface area contributed by atoms with E-state index >= 15 is 0 Å². The van der Waals surface area contributed by atoms with E-state index in [0.717, 1.165) is 29.3 Å². The highest BCUT2D eigenvalue weighted by atomic mass is 35.5. The topological polar surface area (TPSA) is 0 Å². The Labute approximate surface area is 336 Å². The Morgan fingerprint density at radius 2 is 1.18 bits per heavy atom. The highest BCUT2D eigenvalue weighted by Gasteiger charge is 2.31. The third kappa shape index (κ3) is 7.31. The Kier molecular flexibility index (Phi) is 9.87. The molecule has 0 saturated heterocycles. The highest BCUT2D eigenvalue weighted by Crippen LogP contribution is 2.43. The van der Waals surface area contributed by atoms with Crippen molar-refractivity contribution in [3.8, 4) is 22.3 Å². The molecule has 0 radical (unpaired) electrons. The first-order chi connectivity index (χ1) is 26.4. The lowest BCUT2D eigenvalue weighted by Gasteiger charge is -2.30. The van der Waals surface area contributed by atoms with Crippen LogP contribution in [0.4, 0.5) is 0 Å². The average molecular weight is 756 g/mol. The summed E-state index contributed by atoms with van der Waals surface area (Å²) in [4.78, 5) is 0. The second-order valence-electron chi connectivity index (χ2n) is 17.2.